The predicted molar refractivity (Wildman–Crippen MR) is 103 cm³/mol. The lowest BCUT2D eigenvalue weighted by molar-refractivity contribution is 0.102. The third-order valence-electron chi connectivity index (χ3n) is 4.05. The van der Waals surface area contributed by atoms with Gasteiger partial charge in [0, 0.05) is 24.7 Å². The molecule has 0 unspecified atom stereocenters. The molecule has 0 aliphatic heterocycles. The number of hydrogen-bond donors (Lipinski definition) is 1. The van der Waals surface area contributed by atoms with Crippen molar-refractivity contribution >= 4 is 33.2 Å². The van der Waals surface area contributed by atoms with Gasteiger partial charge in [-0.25, -0.2) is 12.7 Å². The number of carbonyl (C=O) groups is 1. The Morgan fingerprint density at radius 3 is 2.38 bits per heavy atom. The molecule has 2 aromatic rings. The molecule has 0 aliphatic rings. The van der Waals surface area contributed by atoms with Gasteiger partial charge in [-0.05, 0) is 55.3 Å². The molecule has 2 rings (SSSR count). The van der Waals surface area contributed by atoms with Crippen LogP contribution in [0.4, 0.5) is 5.69 Å². The lowest BCUT2D eigenvalue weighted by Gasteiger charge is -2.17. The third-order valence-corrected chi connectivity index (χ3v) is 6.23. The Labute approximate surface area is 158 Å². The van der Waals surface area contributed by atoms with Gasteiger partial charge in [0.25, 0.3) is 5.91 Å². The van der Waals surface area contributed by atoms with Crippen LogP contribution in [0.15, 0.2) is 35.2 Å². The summed E-state index contributed by atoms with van der Waals surface area (Å²) in [6.45, 7) is 3.48. The molecule has 0 fully saturated rings. The zero-order valence-corrected chi connectivity index (χ0v) is 16.8. The van der Waals surface area contributed by atoms with E-state index in [0.29, 0.717) is 27.6 Å². The van der Waals surface area contributed by atoms with E-state index in [1.54, 1.807) is 38.1 Å². The second-order valence-corrected chi connectivity index (χ2v) is 8.56. The maximum absolute atomic E-state index is 12.7. The minimum Gasteiger partial charge on any atom is -0.495 e. The highest BCUT2D eigenvalue weighted by molar-refractivity contribution is 7.89. The highest BCUT2D eigenvalue weighted by atomic mass is 35.5. The molecule has 26 heavy (non-hydrogen) atoms. The highest BCUT2D eigenvalue weighted by Crippen LogP contribution is 2.29. The summed E-state index contributed by atoms with van der Waals surface area (Å²) in [4.78, 5) is 12.8. The van der Waals surface area contributed by atoms with Crippen molar-refractivity contribution in [2.45, 2.75) is 18.7 Å². The molecule has 140 valence electrons. The zero-order chi connectivity index (χ0) is 19.6. The molecule has 1 amide bonds. The first kappa shape index (κ1) is 20.2. The summed E-state index contributed by atoms with van der Waals surface area (Å²) in [6.07, 6.45) is 0. The maximum atomic E-state index is 12.7. The number of carbonyl (C=O) groups excluding carboxylic acids is 1. The van der Waals surface area contributed by atoms with Crippen LogP contribution in [0.5, 0.6) is 5.75 Å². The van der Waals surface area contributed by atoms with E-state index in [1.807, 2.05) is 0 Å². The standard InChI is InChI=1S/C18H21ClN2O4S/c1-11-8-13(9-17(12(11)2)26(23,24)21(3)4)18(22)20-15-10-14(19)6-7-16(15)25-5/h6-10H,1-5H3,(H,20,22). The second kappa shape index (κ2) is 7.65. The largest absolute Gasteiger partial charge is 0.495 e. The smallest absolute Gasteiger partial charge is 0.255 e. The first-order valence-electron chi connectivity index (χ1n) is 7.76. The van der Waals surface area contributed by atoms with Gasteiger partial charge in [-0.1, -0.05) is 11.6 Å². The number of methoxy groups -OCH3 is 1. The van der Waals surface area contributed by atoms with E-state index in [4.69, 9.17) is 16.3 Å². The minimum absolute atomic E-state index is 0.103. The number of nitrogens with one attached hydrogen (secondary N) is 1. The fraction of sp³-hybridized carbons (Fsp3) is 0.278. The van der Waals surface area contributed by atoms with Crippen LogP contribution in [0.2, 0.25) is 5.02 Å². The fourth-order valence-corrected chi connectivity index (χ4v) is 3.78. The summed E-state index contributed by atoms with van der Waals surface area (Å²) in [5, 5.41) is 3.16. The Morgan fingerprint density at radius 1 is 1.15 bits per heavy atom. The number of anilines is 1. The number of rotatable bonds is 5. The average molecular weight is 397 g/mol. The number of hydrogen-bond acceptors (Lipinski definition) is 4. The molecule has 0 aliphatic carbocycles. The van der Waals surface area contributed by atoms with E-state index in [0.717, 1.165) is 4.31 Å². The van der Waals surface area contributed by atoms with Crippen LogP contribution < -0.4 is 10.1 Å². The number of nitrogens with zero attached hydrogens (tertiary/aromatic N) is 1. The molecule has 0 saturated heterocycles. The summed E-state index contributed by atoms with van der Waals surface area (Å²) >= 11 is 5.98. The Kier molecular flexibility index (Phi) is 5.95. The van der Waals surface area contributed by atoms with E-state index in [2.05, 4.69) is 5.32 Å². The van der Waals surface area contributed by atoms with Crippen LogP contribution in [0.25, 0.3) is 0 Å². The number of ether oxygens (including phenoxy) is 1. The summed E-state index contributed by atoms with van der Waals surface area (Å²) in [6, 6.07) is 7.88. The molecule has 2 aromatic carbocycles. The average Bonchev–Trinajstić information content (AvgIpc) is 2.56. The number of aryl methyl sites for hydroxylation is 1. The van der Waals surface area contributed by atoms with Crippen molar-refractivity contribution in [3.05, 3.63) is 52.0 Å². The fourth-order valence-electron chi connectivity index (χ4n) is 2.40. The molecule has 0 atom stereocenters. The molecular weight excluding hydrogens is 376 g/mol. The third kappa shape index (κ3) is 4.00. The molecule has 0 heterocycles. The van der Waals surface area contributed by atoms with Gasteiger partial charge in [0.1, 0.15) is 5.75 Å². The van der Waals surface area contributed by atoms with E-state index in [1.165, 1.54) is 27.3 Å². The van der Waals surface area contributed by atoms with Gasteiger partial charge in [0.15, 0.2) is 0 Å². The van der Waals surface area contributed by atoms with Gasteiger partial charge < -0.3 is 10.1 Å². The second-order valence-electron chi connectivity index (χ2n) is 6.00. The number of halogens is 1. The van der Waals surface area contributed by atoms with Gasteiger partial charge >= 0.3 is 0 Å². The van der Waals surface area contributed by atoms with E-state index in [9.17, 15) is 13.2 Å². The lowest BCUT2D eigenvalue weighted by Crippen LogP contribution is -2.24. The van der Waals surface area contributed by atoms with E-state index < -0.39 is 15.9 Å². The Bertz CT molecular complexity index is 956. The first-order valence-corrected chi connectivity index (χ1v) is 9.58. The summed E-state index contributed by atoms with van der Waals surface area (Å²) in [5.41, 5.74) is 1.95. The Morgan fingerprint density at radius 2 is 1.81 bits per heavy atom. The van der Waals surface area contributed by atoms with E-state index >= 15 is 0 Å². The molecular formula is C18H21ClN2O4S. The van der Waals surface area contributed by atoms with Crippen molar-refractivity contribution in [1.82, 2.24) is 4.31 Å². The predicted octanol–water partition coefficient (Wildman–Crippen LogP) is 3.47. The maximum Gasteiger partial charge on any atom is 0.255 e. The van der Waals surface area contributed by atoms with Crippen LogP contribution in [0.1, 0.15) is 21.5 Å². The Hall–Kier alpha value is -2.09. The summed E-state index contributed by atoms with van der Waals surface area (Å²) < 4.78 is 31.4. The van der Waals surface area contributed by atoms with Crippen LogP contribution in [-0.4, -0.2) is 39.8 Å². The van der Waals surface area contributed by atoms with Crippen molar-refractivity contribution in [1.29, 1.82) is 0 Å². The van der Waals surface area contributed by atoms with E-state index in [-0.39, 0.29) is 10.5 Å². The summed E-state index contributed by atoms with van der Waals surface area (Å²) in [7, 11) is 0.716. The molecule has 6 nitrogen and oxygen atoms in total. The van der Waals surface area contributed by atoms with Gasteiger partial charge in [-0.2, -0.15) is 0 Å². The van der Waals surface area contributed by atoms with Crippen LogP contribution in [-0.2, 0) is 10.0 Å². The number of benzene rings is 2. The molecule has 1 N–H and O–H groups in total. The molecule has 0 aromatic heterocycles. The lowest BCUT2D eigenvalue weighted by atomic mass is 10.1. The minimum atomic E-state index is -3.67. The van der Waals surface area contributed by atoms with Crippen molar-refractivity contribution in [3.8, 4) is 5.75 Å². The first-order chi connectivity index (χ1) is 12.1. The molecule has 0 saturated carbocycles. The Balaban J connectivity index is 2.48. The molecule has 8 heteroatoms. The van der Waals surface area contributed by atoms with Gasteiger partial charge in [0.05, 0.1) is 17.7 Å². The zero-order valence-electron chi connectivity index (χ0n) is 15.3. The highest BCUT2D eigenvalue weighted by Gasteiger charge is 2.23. The molecule has 0 spiro atoms. The van der Waals surface area contributed by atoms with Crippen LogP contribution >= 0.6 is 11.6 Å². The van der Waals surface area contributed by atoms with Crippen molar-refractivity contribution in [2.24, 2.45) is 0 Å². The van der Waals surface area contributed by atoms with Crippen LogP contribution in [0.3, 0.4) is 0 Å². The topological polar surface area (TPSA) is 75.7 Å². The number of amides is 1. The monoisotopic (exact) mass is 396 g/mol. The quantitative estimate of drug-likeness (QED) is 0.839. The van der Waals surface area contributed by atoms with Crippen molar-refractivity contribution in [3.63, 3.8) is 0 Å². The molecule has 0 bridgehead atoms. The van der Waals surface area contributed by atoms with Crippen molar-refractivity contribution < 1.29 is 17.9 Å². The van der Waals surface area contributed by atoms with Crippen LogP contribution in [0, 0.1) is 13.8 Å². The van der Waals surface area contributed by atoms with Gasteiger partial charge in [-0.3, -0.25) is 4.79 Å². The SMILES string of the molecule is COc1ccc(Cl)cc1NC(=O)c1cc(C)c(C)c(S(=O)(=O)N(C)C)c1. The summed E-state index contributed by atoms with van der Waals surface area (Å²) in [5.74, 6) is -0.00315. The number of sulfonamides is 1. The van der Waals surface area contributed by atoms with Gasteiger partial charge in [0.2, 0.25) is 10.0 Å². The van der Waals surface area contributed by atoms with Crippen molar-refractivity contribution in [2.75, 3.05) is 26.5 Å². The van der Waals surface area contributed by atoms with Gasteiger partial charge in [-0.15, -0.1) is 0 Å². The molecule has 0 radical (unpaired) electrons. The normalized spacial score (nSPS) is 11.5.